The van der Waals surface area contributed by atoms with Crippen LogP contribution in [-0.4, -0.2) is 18.4 Å². The fourth-order valence-electron chi connectivity index (χ4n) is 1.04. The standard InChI is InChI=1S/C9H7N2OS/c1-11(6-12)9-10-7-4-2-3-5-8(7)13-9/h2-5H,1H3. The predicted octanol–water partition coefficient (Wildman–Crippen LogP) is 1.80. The Hall–Kier alpha value is -1.42. The topological polar surface area (TPSA) is 33.2 Å². The first-order valence-corrected chi connectivity index (χ1v) is 4.60. The number of amides is 1. The maximum absolute atomic E-state index is 10.3. The number of rotatable bonds is 2. The van der Waals surface area contributed by atoms with E-state index in [2.05, 4.69) is 4.98 Å². The Balaban J connectivity index is 2.55. The highest BCUT2D eigenvalue weighted by Gasteiger charge is 2.06. The monoisotopic (exact) mass is 191 g/mol. The lowest BCUT2D eigenvalue weighted by Gasteiger charge is -2.01. The molecule has 1 radical (unpaired) electrons. The SMILES string of the molecule is CN([C]=O)c1nc2ccccc2s1. The van der Waals surface area contributed by atoms with Crippen molar-refractivity contribution in [3.63, 3.8) is 0 Å². The highest BCUT2D eigenvalue weighted by Crippen LogP contribution is 2.26. The molecule has 4 heteroatoms. The number of fused-ring (bicyclic) bond motifs is 1. The molecule has 0 unspecified atom stereocenters. The second-order valence-electron chi connectivity index (χ2n) is 2.61. The average Bonchev–Trinajstić information content (AvgIpc) is 2.59. The minimum Gasteiger partial charge on any atom is -0.283 e. The summed E-state index contributed by atoms with van der Waals surface area (Å²) >= 11 is 1.48. The third kappa shape index (κ3) is 1.40. The van der Waals surface area contributed by atoms with Crippen molar-refractivity contribution in [2.45, 2.75) is 0 Å². The fraction of sp³-hybridized carbons (Fsp3) is 0.111. The quantitative estimate of drug-likeness (QED) is 0.678. The van der Waals surface area contributed by atoms with E-state index in [1.165, 1.54) is 16.2 Å². The van der Waals surface area contributed by atoms with Crippen molar-refractivity contribution >= 4 is 33.1 Å². The van der Waals surface area contributed by atoms with E-state index < -0.39 is 0 Å². The Labute approximate surface area is 79.6 Å². The molecule has 0 saturated heterocycles. The number of anilines is 1. The van der Waals surface area contributed by atoms with Crippen LogP contribution in [0.2, 0.25) is 0 Å². The summed E-state index contributed by atoms with van der Waals surface area (Å²) in [6.07, 6.45) is 1.77. The first kappa shape index (κ1) is 8.19. The minimum absolute atomic E-state index is 0.677. The van der Waals surface area contributed by atoms with Crippen LogP contribution >= 0.6 is 11.3 Å². The van der Waals surface area contributed by atoms with Crippen LogP contribution < -0.4 is 4.90 Å². The first-order chi connectivity index (χ1) is 6.31. The molecule has 0 atom stereocenters. The van der Waals surface area contributed by atoms with Crippen LogP contribution in [0.5, 0.6) is 0 Å². The van der Waals surface area contributed by atoms with Crippen LogP contribution in [0.3, 0.4) is 0 Å². The van der Waals surface area contributed by atoms with E-state index >= 15 is 0 Å². The lowest BCUT2D eigenvalue weighted by molar-refractivity contribution is 0.554. The van der Waals surface area contributed by atoms with Gasteiger partial charge >= 0.3 is 6.41 Å². The number of carbonyl (C=O) groups excluding carboxylic acids is 1. The van der Waals surface area contributed by atoms with Gasteiger partial charge in [-0.2, -0.15) is 0 Å². The van der Waals surface area contributed by atoms with Gasteiger partial charge in [-0.3, -0.25) is 9.69 Å². The molecule has 1 heterocycles. The molecule has 1 aromatic carbocycles. The number of benzene rings is 1. The van der Waals surface area contributed by atoms with Crippen LogP contribution in [0.25, 0.3) is 10.2 Å². The van der Waals surface area contributed by atoms with Crippen molar-refractivity contribution in [3.8, 4) is 0 Å². The van der Waals surface area contributed by atoms with E-state index in [0.29, 0.717) is 5.13 Å². The van der Waals surface area contributed by atoms with Crippen molar-refractivity contribution in [3.05, 3.63) is 24.3 Å². The van der Waals surface area contributed by atoms with Gasteiger partial charge in [0, 0.05) is 7.05 Å². The van der Waals surface area contributed by atoms with Gasteiger partial charge in [0.25, 0.3) is 0 Å². The van der Waals surface area contributed by atoms with E-state index in [4.69, 9.17) is 0 Å². The summed E-state index contributed by atoms with van der Waals surface area (Å²) < 4.78 is 1.08. The minimum atomic E-state index is 0.677. The largest absolute Gasteiger partial charge is 0.318 e. The molecule has 0 bridgehead atoms. The molecule has 3 nitrogen and oxygen atoms in total. The summed E-state index contributed by atoms with van der Waals surface area (Å²) in [5, 5.41) is 0.677. The summed E-state index contributed by atoms with van der Waals surface area (Å²) in [5.41, 5.74) is 0.921. The van der Waals surface area contributed by atoms with Gasteiger partial charge in [0.2, 0.25) is 0 Å². The molecular formula is C9H7N2OS. The Kier molecular flexibility index (Phi) is 1.98. The van der Waals surface area contributed by atoms with Gasteiger partial charge in [-0.1, -0.05) is 23.5 Å². The molecular weight excluding hydrogens is 184 g/mol. The highest BCUT2D eigenvalue weighted by atomic mass is 32.1. The van der Waals surface area contributed by atoms with Crippen LogP contribution in [0.1, 0.15) is 0 Å². The van der Waals surface area contributed by atoms with Crippen LogP contribution in [-0.2, 0) is 4.79 Å². The molecule has 65 valence electrons. The average molecular weight is 191 g/mol. The fourth-order valence-corrected chi connectivity index (χ4v) is 1.92. The summed E-state index contributed by atoms with van der Waals surface area (Å²) in [6, 6.07) is 7.79. The molecule has 0 fully saturated rings. The van der Waals surface area contributed by atoms with Crippen LogP contribution in [0.15, 0.2) is 24.3 Å². The molecule has 0 aliphatic heterocycles. The Morgan fingerprint density at radius 1 is 1.46 bits per heavy atom. The second kappa shape index (κ2) is 3.14. The number of aromatic nitrogens is 1. The number of nitrogens with zero attached hydrogens (tertiary/aromatic N) is 2. The molecule has 1 amide bonds. The molecule has 0 N–H and O–H groups in total. The van der Waals surface area contributed by atoms with E-state index in [0.717, 1.165) is 10.2 Å². The zero-order valence-corrected chi connectivity index (χ0v) is 7.84. The molecule has 0 aliphatic rings. The van der Waals surface area contributed by atoms with Gasteiger partial charge < -0.3 is 0 Å². The van der Waals surface area contributed by atoms with E-state index in [1.807, 2.05) is 24.3 Å². The molecule has 13 heavy (non-hydrogen) atoms. The van der Waals surface area contributed by atoms with E-state index in [-0.39, 0.29) is 0 Å². The van der Waals surface area contributed by atoms with Gasteiger partial charge in [-0.15, -0.1) is 0 Å². The van der Waals surface area contributed by atoms with Gasteiger partial charge in [0.1, 0.15) is 0 Å². The van der Waals surface area contributed by atoms with Crippen molar-refractivity contribution in [1.82, 2.24) is 4.98 Å². The molecule has 1 aromatic heterocycles. The predicted molar refractivity (Wildman–Crippen MR) is 53.7 cm³/mol. The summed E-state index contributed by atoms with van der Waals surface area (Å²) in [7, 11) is 1.64. The molecule has 0 aliphatic carbocycles. The summed E-state index contributed by atoms with van der Waals surface area (Å²) in [5.74, 6) is 0. The van der Waals surface area contributed by atoms with Gasteiger partial charge in [0.15, 0.2) is 5.13 Å². The normalized spacial score (nSPS) is 10.2. The number of thiazole rings is 1. The highest BCUT2D eigenvalue weighted by molar-refractivity contribution is 7.22. The van der Waals surface area contributed by atoms with E-state index in [9.17, 15) is 4.79 Å². The summed E-state index contributed by atoms with van der Waals surface area (Å²) in [4.78, 5) is 16.0. The maximum Gasteiger partial charge on any atom is 0.318 e. The first-order valence-electron chi connectivity index (χ1n) is 3.78. The molecule has 0 spiro atoms. The summed E-state index contributed by atoms with van der Waals surface area (Å²) in [6.45, 7) is 0. The lowest BCUT2D eigenvalue weighted by Crippen LogP contribution is -2.12. The zero-order valence-electron chi connectivity index (χ0n) is 7.02. The van der Waals surface area contributed by atoms with Crippen molar-refractivity contribution in [2.75, 3.05) is 11.9 Å². The molecule has 2 aromatic rings. The number of hydrogen-bond acceptors (Lipinski definition) is 3. The Bertz CT molecular complexity index is 405. The van der Waals surface area contributed by atoms with Crippen LogP contribution in [0.4, 0.5) is 5.13 Å². The maximum atomic E-state index is 10.3. The number of para-hydroxylation sites is 1. The Morgan fingerprint density at radius 2 is 2.23 bits per heavy atom. The molecule has 0 saturated carbocycles. The second-order valence-corrected chi connectivity index (χ2v) is 3.62. The van der Waals surface area contributed by atoms with Crippen molar-refractivity contribution in [1.29, 1.82) is 0 Å². The van der Waals surface area contributed by atoms with Crippen molar-refractivity contribution < 1.29 is 4.79 Å². The smallest absolute Gasteiger partial charge is 0.283 e. The zero-order chi connectivity index (χ0) is 9.26. The van der Waals surface area contributed by atoms with Gasteiger partial charge in [0.05, 0.1) is 10.2 Å². The lowest BCUT2D eigenvalue weighted by atomic mass is 10.3. The van der Waals surface area contributed by atoms with Gasteiger partial charge in [-0.05, 0) is 12.1 Å². The van der Waals surface area contributed by atoms with E-state index in [1.54, 1.807) is 13.5 Å². The van der Waals surface area contributed by atoms with Crippen molar-refractivity contribution in [2.24, 2.45) is 0 Å². The third-order valence-corrected chi connectivity index (χ3v) is 2.82. The molecule has 2 rings (SSSR count). The Morgan fingerprint density at radius 3 is 2.92 bits per heavy atom. The third-order valence-electron chi connectivity index (χ3n) is 1.71. The van der Waals surface area contributed by atoms with Gasteiger partial charge in [-0.25, -0.2) is 4.98 Å². The van der Waals surface area contributed by atoms with Crippen LogP contribution in [0, 0.1) is 0 Å². The number of hydrogen-bond donors (Lipinski definition) is 0.